The zero-order chi connectivity index (χ0) is 26.3. The molecule has 0 spiro atoms. The van der Waals surface area contributed by atoms with E-state index in [0.717, 1.165) is 45.3 Å². The van der Waals surface area contributed by atoms with Gasteiger partial charge in [0.1, 0.15) is 29.9 Å². The Kier molecular flexibility index (Phi) is 7.37. The molecule has 0 bridgehead atoms. The highest BCUT2D eigenvalue weighted by atomic mass is 79.9. The monoisotopic (exact) mass is 579 g/mol. The number of amides is 1. The molecule has 11 heteroatoms. The van der Waals surface area contributed by atoms with Gasteiger partial charge in [0.15, 0.2) is 0 Å². The van der Waals surface area contributed by atoms with Crippen LogP contribution in [0.15, 0.2) is 10.5 Å². The van der Waals surface area contributed by atoms with Crippen LogP contribution in [0.25, 0.3) is 10.9 Å². The summed E-state index contributed by atoms with van der Waals surface area (Å²) in [5, 5.41) is 0.859. The normalized spacial score (nSPS) is 22.6. The van der Waals surface area contributed by atoms with Crippen molar-refractivity contribution in [2.24, 2.45) is 0 Å². The fourth-order valence-electron chi connectivity index (χ4n) is 5.15. The summed E-state index contributed by atoms with van der Waals surface area (Å²) in [6.07, 6.45) is 1.16. The molecule has 2 atom stereocenters. The number of fused-ring (bicyclic) bond motifs is 3. The Morgan fingerprint density at radius 1 is 1.24 bits per heavy atom. The average Bonchev–Trinajstić information content (AvgIpc) is 3.18. The van der Waals surface area contributed by atoms with Gasteiger partial charge in [-0.25, -0.2) is 9.18 Å². The SMILES string of the molecule is CN1C[C@H](F)C[C@H]1COc1nc(N2CCN(C(=O)OC(C)(C)C)CC2)c2c3c(c(Br)cc2n1)CCCO3. The number of hydrogen-bond acceptors (Lipinski definition) is 8. The molecule has 5 rings (SSSR count). The lowest BCUT2D eigenvalue weighted by Gasteiger charge is -2.37. The predicted octanol–water partition coefficient (Wildman–Crippen LogP) is 4.20. The van der Waals surface area contributed by atoms with Gasteiger partial charge in [-0.15, -0.1) is 0 Å². The fourth-order valence-corrected chi connectivity index (χ4v) is 5.74. The molecule has 0 radical (unpaired) electrons. The predicted molar refractivity (Wildman–Crippen MR) is 142 cm³/mol. The average molecular weight is 580 g/mol. The van der Waals surface area contributed by atoms with Crippen molar-refractivity contribution in [1.82, 2.24) is 19.8 Å². The van der Waals surface area contributed by atoms with E-state index in [0.29, 0.717) is 52.4 Å². The van der Waals surface area contributed by atoms with E-state index in [-0.39, 0.29) is 18.1 Å². The van der Waals surface area contributed by atoms with Gasteiger partial charge in [-0.05, 0) is 53.1 Å². The van der Waals surface area contributed by atoms with Gasteiger partial charge in [-0.2, -0.15) is 9.97 Å². The summed E-state index contributed by atoms with van der Waals surface area (Å²) in [4.78, 5) is 28.0. The van der Waals surface area contributed by atoms with Crippen molar-refractivity contribution in [2.45, 2.75) is 57.8 Å². The number of anilines is 1. The number of benzene rings is 1. The van der Waals surface area contributed by atoms with Crippen LogP contribution in [0, 0.1) is 0 Å². The summed E-state index contributed by atoms with van der Waals surface area (Å²) in [5.41, 5.74) is 1.30. The molecule has 0 saturated carbocycles. The van der Waals surface area contributed by atoms with Crippen molar-refractivity contribution in [3.8, 4) is 11.8 Å². The molecule has 0 N–H and O–H groups in total. The third kappa shape index (κ3) is 5.72. The zero-order valence-electron chi connectivity index (χ0n) is 21.9. The minimum Gasteiger partial charge on any atom is -0.492 e. The second-order valence-corrected chi connectivity index (χ2v) is 11.9. The number of carbonyl (C=O) groups excluding carboxylic acids is 1. The van der Waals surface area contributed by atoms with Crippen molar-refractivity contribution >= 4 is 38.7 Å². The molecule has 202 valence electrons. The highest BCUT2D eigenvalue weighted by Gasteiger charge is 2.32. The zero-order valence-corrected chi connectivity index (χ0v) is 23.5. The minimum atomic E-state index is -0.840. The van der Waals surface area contributed by atoms with E-state index in [2.05, 4.69) is 20.8 Å². The summed E-state index contributed by atoms with van der Waals surface area (Å²) >= 11 is 3.70. The van der Waals surface area contributed by atoms with E-state index >= 15 is 0 Å². The Bertz CT molecular complexity index is 1170. The van der Waals surface area contributed by atoms with E-state index in [1.807, 2.05) is 38.8 Å². The number of carbonyl (C=O) groups is 1. The second kappa shape index (κ2) is 10.4. The van der Waals surface area contributed by atoms with E-state index in [4.69, 9.17) is 24.2 Å². The summed E-state index contributed by atoms with van der Waals surface area (Å²) in [6, 6.07) is 2.24. The molecule has 2 saturated heterocycles. The van der Waals surface area contributed by atoms with E-state index < -0.39 is 11.8 Å². The van der Waals surface area contributed by atoms with Gasteiger partial charge in [0.25, 0.3) is 0 Å². The molecule has 3 aliphatic rings. The first-order valence-corrected chi connectivity index (χ1v) is 13.7. The van der Waals surface area contributed by atoms with Crippen molar-refractivity contribution in [1.29, 1.82) is 0 Å². The van der Waals surface area contributed by atoms with Crippen molar-refractivity contribution < 1.29 is 23.4 Å². The molecule has 1 amide bonds. The van der Waals surface area contributed by atoms with E-state index in [1.165, 1.54) is 0 Å². The molecule has 3 aliphatic heterocycles. The number of likely N-dealkylation sites (N-methyl/N-ethyl adjacent to an activating group) is 1. The smallest absolute Gasteiger partial charge is 0.410 e. The molecule has 2 aromatic rings. The van der Waals surface area contributed by atoms with Crippen molar-refractivity contribution in [3.63, 3.8) is 0 Å². The molecule has 1 aromatic heterocycles. The number of likely N-dealkylation sites (tertiary alicyclic amines) is 1. The standard InChI is InChI=1S/C26H35BrFN5O4/c1-26(2,3)37-25(34)33-9-7-32(8-10-33)23-21-20(13-19(27)18-6-5-11-35-22(18)21)29-24(30-23)36-15-17-12-16(28)14-31(17)4/h13,16-17H,5-12,14-15H2,1-4H3/t16-,17+/m1/s1. The summed E-state index contributed by atoms with van der Waals surface area (Å²) in [5.74, 6) is 1.54. The first kappa shape index (κ1) is 26.2. The maximum Gasteiger partial charge on any atom is 0.410 e. The van der Waals surface area contributed by atoms with Crippen LogP contribution in [-0.4, -0.2) is 96.7 Å². The van der Waals surface area contributed by atoms with Crippen molar-refractivity contribution in [3.05, 3.63) is 16.1 Å². The highest BCUT2D eigenvalue weighted by Crippen LogP contribution is 2.42. The molecular formula is C26H35BrFN5O4. The second-order valence-electron chi connectivity index (χ2n) is 11.0. The van der Waals surface area contributed by atoms with E-state index in [1.54, 1.807) is 4.90 Å². The Morgan fingerprint density at radius 3 is 2.68 bits per heavy atom. The molecule has 2 fully saturated rings. The van der Waals surface area contributed by atoms with Crippen LogP contribution in [0.1, 0.15) is 39.2 Å². The first-order valence-electron chi connectivity index (χ1n) is 12.9. The van der Waals surface area contributed by atoms with Crippen LogP contribution in [0.5, 0.6) is 11.8 Å². The van der Waals surface area contributed by atoms with Gasteiger partial charge in [0.2, 0.25) is 0 Å². The molecular weight excluding hydrogens is 545 g/mol. The summed E-state index contributed by atoms with van der Waals surface area (Å²) in [6.45, 7) is 9.18. The maximum atomic E-state index is 13.9. The molecule has 1 aromatic carbocycles. The van der Waals surface area contributed by atoms with Gasteiger partial charge in [-0.3, -0.25) is 4.90 Å². The summed E-state index contributed by atoms with van der Waals surface area (Å²) < 4.78 is 32.6. The topological polar surface area (TPSA) is 80.3 Å². The number of piperazine rings is 1. The Hall–Kier alpha value is -2.40. The Labute approximate surface area is 225 Å². The van der Waals surface area contributed by atoms with Crippen LogP contribution in [0.4, 0.5) is 15.0 Å². The largest absolute Gasteiger partial charge is 0.492 e. The Morgan fingerprint density at radius 2 is 2.00 bits per heavy atom. The number of hydrogen-bond donors (Lipinski definition) is 0. The lowest BCUT2D eigenvalue weighted by atomic mass is 10.0. The first-order chi connectivity index (χ1) is 17.6. The van der Waals surface area contributed by atoms with Gasteiger partial charge >= 0.3 is 12.1 Å². The molecule has 37 heavy (non-hydrogen) atoms. The maximum absolute atomic E-state index is 13.9. The summed E-state index contributed by atoms with van der Waals surface area (Å²) in [7, 11) is 1.91. The molecule has 9 nitrogen and oxygen atoms in total. The third-order valence-corrected chi connectivity index (χ3v) is 7.75. The van der Waals surface area contributed by atoms with Crippen LogP contribution < -0.4 is 14.4 Å². The highest BCUT2D eigenvalue weighted by molar-refractivity contribution is 9.10. The van der Waals surface area contributed by atoms with Crippen LogP contribution in [-0.2, 0) is 11.2 Å². The number of rotatable bonds is 4. The molecule has 4 heterocycles. The van der Waals surface area contributed by atoms with Crippen LogP contribution >= 0.6 is 15.9 Å². The minimum absolute atomic E-state index is 0.0197. The van der Waals surface area contributed by atoms with Gasteiger partial charge in [0.05, 0.1) is 17.5 Å². The number of alkyl halides is 1. The quantitative estimate of drug-likeness (QED) is 0.533. The lowest BCUT2D eigenvalue weighted by Crippen LogP contribution is -2.50. The number of nitrogens with zero attached hydrogens (tertiary/aromatic N) is 5. The number of ether oxygens (including phenoxy) is 3. The van der Waals surface area contributed by atoms with Gasteiger partial charge in [0, 0.05) is 48.8 Å². The van der Waals surface area contributed by atoms with Gasteiger partial charge < -0.3 is 24.0 Å². The van der Waals surface area contributed by atoms with E-state index in [9.17, 15) is 9.18 Å². The fraction of sp³-hybridized carbons (Fsp3) is 0.654. The number of halogens is 2. The molecule has 0 unspecified atom stereocenters. The van der Waals surface area contributed by atoms with Gasteiger partial charge in [-0.1, -0.05) is 15.9 Å². The van der Waals surface area contributed by atoms with Crippen LogP contribution in [0.2, 0.25) is 0 Å². The lowest BCUT2D eigenvalue weighted by molar-refractivity contribution is 0.0240. The van der Waals surface area contributed by atoms with Crippen molar-refractivity contribution in [2.75, 3.05) is 57.9 Å². The third-order valence-electron chi connectivity index (χ3n) is 7.04. The molecule has 0 aliphatic carbocycles. The van der Waals surface area contributed by atoms with Crippen LogP contribution in [0.3, 0.4) is 0 Å². The number of aromatic nitrogens is 2. The Balaban J connectivity index is 1.44.